The van der Waals surface area contributed by atoms with Gasteiger partial charge in [0.2, 0.25) is 0 Å². The fourth-order valence-electron chi connectivity index (χ4n) is 2.86. The van der Waals surface area contributed by atoms with Crippen LogP contribution in [0.5, 0.6) is 0 Å². The molecule has 0 aromatic heterocycles. The molecule has 0 radical (unpaired) electrons. The van der Waals surface area contributed by atoms with Crippen molar-refractivity contribution in [2.75, 3.05) is 13.7 Å². The van der Waals surface area contributed by atoms with Crippen LogP contribution in [0.3, 0.4) is 0 Å². The van der Waals surface area contributed by atoms with Gasteiger partial charge in [-0.3, -0.25) is 9.59 Å². The van der Waals surface area contributed by atoms with Crippen molar-refractivity contribution in [1.29, 1.82) is 0 Å². The zero-order valence-electron chi connectivity index (χ0n) is 15.4. The van der Waals surface area contributed by atoms with Crippen LogP contribution in [-0.2, 0) is 28.7 Å². The molecule has 0 rings (SSSR count). The van der Waals surface area contributed by atoms with E-state index in [2.05, 4.69) is 4.74 Å². The van der Waals surface area contributed by atoms with E-state index in [4.69, 9.17) is 9.84 Å². The summed E-state index contributed by atoms with van der Waals surface area (Å²) in [6.45, 7) is 2.86. The fourth-order valence-corrected chi connectivity index (χ4v) is 2.86. The van der Waals surface area contributed by atoms with Crippen LogP contribution in [0.1, 0.15) is 58.8 Å². The second kappa shape index (κ2) is 10.7. The average Bonchev–Trinajstić information content (AvgIpc) is 2.58. The van der Waals surface area contributed by atoms with Crippen LogP contribution >= 0.6 is 0 Å². The maximum atomic E-state index is 12.8. The van der Waals surface area contributed by atoms with Crippen molar-refractivity contribution >= 4 is 23.9 Å². The van der Waals surface area contributed by atoms with Gasteiger partial charge in [-0.1, -0.05) is 39.5 Å². The standard InChI is InChI=1S/C17H28O9/c1-4-6-8-16(9-7-5-2,15(23)26-11-13(20)25-3)17(24,14(21)22)10-12(18)19/h24H,4-11H2,1-3H3,(H,18,19)(H,21,22). The van der Waals surface area contributed by atoms with Gasteiger partial charge in [0.1, 0.15) is 5.41 Å². The van der Waals surface area contributed by atoms with Gasteiger partial charge >= 0.3 is 23.9 Å². The fraction of sp³-hybridized carbons (Fsp3) is 0.765. The van der Waals surface area contributed by atoms with Crippen LogP contribution in [0.2, 0.25) is 0 Å². The van der Waals surface area contributed by atoms with Crippen LogP contribution in [0.4, 0.5) is 0 Å². The summed E-state index contributed by atoms with van der Waals surface area (Å²) in [7, 11) is 1.09. The van der Waals surface area contributed by atoms with Crippen molar-refractivity contribution in [3.8, 4) is 0 Å². The highest BCUT2D eigenvalue weighted by Crippen LogP contribution is 2.45. The van der Waals surface area contributed by atoms with Crippen molar-refractivity contribution in [3.05, 3.63) is 0 Å². The van der Waals surface area contributed by atoms with E-state index in [9.17, 15) is 29.4 Å². The van der Waals surface area contributed by atoms with Crippen LogP contribution in [-0.4, -0.2) is 58.5 Å². The van der Waals surface area contributed by atoms with Crippen molar-refractivity contribution < 1.29 is 44.0 Å². The molecule has 0 saturated carbocycles. The van der Waals surface area contributed by atoms with E-state index in [-0.39, 0.29) is 12.8 Å². The van der Waals surface area contributed by atoms with Gasteiger partial charge in [-0.25, -0.2) is 9.59 Å². The molecule has 0 spiro atoms. The van der Waals surface area contributed by atoms with Crippen molar-refractivity contribution in [3.63, 3.8) is 0 Å². The SMILES string of the molecule is CCCCC(CCCC)(C(=O)OCC(=O)OC)C(O)(CC(=O)O)C(=O)O. The summed E-state index contributed by atoms with van der Waals surface area (Å²) >= 11 is 0. The number of rotatable bonds is 13. The Labute approximate surface area is 152 Å². The number of methoxy groups -OCH3 is 1. The number of esters is 2. The molecule has 3 N–H and O–H groups in total. The molecule has 0 aromatic rings. The molecule has 0 heterocycles. The van der Waals surface area contributed by atoms with Gasteiger partial charge in [0.15, 0.2) is 12.2 Å². The molecule has 9 heteroatoms. The van der Waals surface area contributed by atoms with E-state index in [1.54, 1.807) is 13.8 Å². The largest absolute Gasteiger partial charge is 0.481 e. The van der Waals surface area contributed by atoms with Gasteiger partial charge in [0.05, 0.1) is 13.5 Å². The molecule has 9 nitrogen and oxygen atoms in total. The Morgan fingerprint density at radius 2 is 1.46 bits per heavy atom. The summed E-state index contributed by atoms with van der Waals surface area (Å²) in [5.74, 6) is -5.35. The maximum absolute atomic E-state index is 12.8. The molecule has 0 aliphatic carbocycles. The molecular weight excluding hydrogens is 348 g/mol. The Kier molecular flexibility index (Phi) is 9.85. The summed E-state index contributed by atoms with van der Waals surface area (Å²) in [4.78, 5) is 47.1. The first-order chi connectivity index (χ1) is 12.1. The second-order valence-corrected chi connectivity index (χ2v) is 6.18. The minimum absolute atomic E-state index is 0.0837. The Balaban J connectivity index is 6.12. The zero-order chi connectivity index (χ0) is 20.4. The van der Waals surface area contributed by atoms with Gasteiger partial charge in [-0.2, -0.15) is 0 Å². The summed E-state index contributed by atoms with van der Waals surface area (Å²) in [5.41, 5.74) is -4.85. The van der Waals surface area contributed by atoms with E-state index in [0.29, 0.717) is 25.7 Å². The monoisotopic (exact) mass is 376 g/mol. The number of carbonyl (C=O) groups excluding carboxylic acids is 2. The third-order valence-electron chi connectivity index (χ3n) is 4.41. The molecule has 150 valence electrons. The van der Waals surface area contributed by atoms with Crippen LogP contribution in [0.15, 0.2) is 0 Å². The third kappa shape index (κ3) is 5.69. The lowest BCUT2D eigenvalue weighted by molar-refractivity contribution is -0.200. The molecule has 0 aromatic carbocycles. The van der Waals surface area contributed by atoms with Gasteiger partial charge in [-0.15, -0.1) is 0 Å². The van der Waals surface area contributed by atoms with E-state index in [1.807, 2.05) is 0 Å². The normalized spacial score (nSPS) is 13.5. The van der Waals surface area contributed by atoms with Crippen LogP contribution < -0.4 is 0 Å². The van der Waals surface area contributed by atoms with E-state index in [1.165, 1.54) is 0 Å². The van der Waals surface area contributed by atoms with Gasteiger partial charge in [0, 0.05) is 0 Å². The summed E-state index contributed by atoms with van der Waals surface area (Å²) in [6, 6.07) is 0. The summed E-state index contributed by atoms with van der Waals surface area (Å²) in [6.07, 6.45) is 0.572. The number of carbonyl (C=O) groups is 4. The molecule has 1 atom stereocenters. The first kappa shape index (κ1) is 23.8. The van der Waals surface area contributed by atoms with Crippen molar-refractivity contribution in [2.45, 2.75) is 64.4 Å². The Morgan fingerprint density at radius 3 is 1.81 bits per heavy atom. The molecular formula is C17H28O9. The number of ether oxygens (including phenoxy) is 2. The Bertz CT molecular complexity index is 506. The van der Waals surface area contributed by atoms with E-state index >= 15 is 0 Å². The lowest BCUT2D eigenvalue weighted by Gasteiger charge is -2.42. The van der Waals surface area contributed by atoms with Crippen molar-refractivity contribution in [2.24, 2.45) is 5.41 Å². The smallest absolute Gasteiger partial charge is 0.344 e. The number of carboxylic acid groups (broad SMARTS) is 2. The van der Waals surface area contributed by atoms with E-state index < -0.39 is 47.9 Å². The first-order valence-electron chi connectivity index (χ1n) is 8.52. The Hall–Kier alpha value is -2.16. The summed E-state index contributed by atoms with van der Waals surface area (Å²) < 4.78 is 9.29. The highest BCUT2D eigenvalue weighted by atomic mass is 16.6. The maximum Gasteiger partial charge on any atom is 0.344 e. The van der Waals surface area contributed by atoms with E-state index in [0.717, 1.165) is 7.11 Å². The lowest BCUT2D eigenvalue weighted by atomic mass is 9.64. The molecule has 0 saturated heterocycles. The first-order valence-corrected chi connectivity index (χ1v) is 8.52. The minimum atomic E-state index is -2.86. The Morgan fingerprint density at radius 1 is 0.962 bits per heavy atom. The predicted octanol–water partition coefficient (Wildman–Crippen LogP) is 1.36. The third-order valence-corrected chi connectivity index (χ3v) is 4.41. The molecule has 1 unspecified atom stereocenters. The quantitative estimate of drug-likeness (QED) is 0.405. The molecule has 0 fully saturated rings. The number of aliphatic carboxylic acids is 2. The highest BCUT2D eigenvalue weighted by molar-refractivity contribution is 5.93. The van der Waals surface area contributed by atoms with Gasteiger partial charge in [-0.05, 0) is 12.8 Å². The minimum Gasteiger partial charge on any atom is -0.481 e. The number of aliphatic hydroxyl groups is 1. The molecule has 26 heavy (non-hydrogen) atoms. The molecule has 0 amide bonds. The summed E-state index contributed by atoms with van der Waals surface area (Å²) in [5, 5.41) is 29.5. The van der Waals surface area contributed by atoms with Gasteiger partial charge < -0.3 is 24.8 Å². The topological polar surface area (TPSA) is 147 Å². The van der Waals surface area contributed by atoms with Crippen LogP contribution in [0, 0.1) is 5.41 Å². The van der Waals surface area contributed by atoms with Crippen LogP contribution in [0.25, 0.3) is 0 Å². The van der Waals surface area contributed by atoms with Gasteiger partial charge in [0.25, 0.3) is 0 Å². The average molecular weight is 376 g/mol. The number of carboxylic acids is 2. The molecule has 0 bridgehead atoms. The number of hydrogen-bond acceptors (Lipinski definition) is 7. The second-order valence-electron chi connectivity index (χ2n) is 6.18. The van der Waals surface area contributed by atoms with Crippen molar-refractivity contribution in [1.82, 2.24) is 0 Å². The molecule has 0 aliphatic heterocycles. The highest BCUT2D eigenvalue weighted by Gasteiger charge is 2.61. The lowest BCUT2D eigenvalue weighted by Crippen LogP contribution is -2.60. The molecule has 0 aliphatic rings. The predicted molar refractivity (Wildman–Crippen MR) is 89.3 cm³/mol. The zero-order valence-corrected chi connectivity index (χ0v) is 15.4. The number of unbranched alkanes of at least 4 members (excludes halogenated alkanes) is 2. The number of hydrogen-bond donors (Lipinski definition) is 3.